The first-order chi connectivity index (χ1) is 8.13. The van der Waals surface area contributed by atoms with Gasteiger partial charge in [0.15, 0.2) is 5.82 Å². The lowest BCUT2D eigenvalue weighted by atomic mass is 10.3. The molecule has 2 N–H and O–H groups in total. The molecule has 0 aliphatic heterocycles. The molecule has 0 saturated carbocycles. The molecule has 0 aliphatic rings. The van der Waals surface area contributed by atoms with Crippen molar-refractivity contribution in [3.63, 3.8) is 0 Å². The molecule has 8 nitrogen and oxygen atoms in total. The standard InChI is InChI=1S/C9H13N5O3/c1-2-5-14-7(11-12-13-14)6-8(15)10-4-3-9(16)17/h2H,1,3-6H2,(H,10,15)(H,16,17). The number of carbonyl (C=O) groups is 2. The molecule has 1 heterocycles. The largest absolute Gasteiger partial charge is 0.481 e. The summed E-state index contributed by atoms with van der Waals surface area (Å²) in [6, 6.07) is 0. The molecule has 0 saturated heterocycles. The number of nitrogens with one attached hydrogen (secondary N) is 1. The predicted octanol–water partition coefficient (Wildman–Crippen LogP) is -1.01. The van der Waals surface area contributed by atoms with Gasteiger partial charge in [-0.05, 0) is 10.4 Å². The molecule has 0 unspecified atom stereocenters. The van der Waals surface area contributed by atoms with E-state index in [-0.39, 0.29) is 25.3 Å². The molecule has 0 aliphatic carbocycles. The number of aliphatic carboxylic acids is 1. The Balaban J connectivity index is 2.41. The summed E-state index contributed by atoms with van der Waals surface area (Å²) in [6.45, 7) is 4.06. The Morgan fingerprint density at radius 1 is 1.53 bits per heavy atom. The maximum atomic E-state index is 11.4. The number of amides is 1. The summed E-state index contributed by atoms with van der Waals surface area (Å²) in [5.41, 5.74) is 0. The number of carboxylic acid groups (broad SMARTS) is 1. The Morgan fingerprint density at radius 3 is 2.94 bits per heavy atom. The number of aromatic nitrogens is 4. The van der Waals surface area contributed by atoms with E-state index in [4.69, 9.17) is 5.11 Å². The van der Waals surface area contributed by atoms with Crippen LogP contribution in [0.3, 0.4) is 0 Å². The van der Waals surface area contributed by atoms with Gasteiger partial charge in [0.2, 0.25) is 5.91 Å². The first kappa shape index (κ1) is 12.8. The van der Waals surface area contributed by atoms with E-state index in [2.05, 4.69) is 27.4 Å². The van der Waals surface area contributed by atoms with Gasteiger partial charge in [-0.3, -0.25) is 9.59 Å². The molecule has 1 rings (SSSR count). The lowest BCUT2D eigenvalue weighted by Gasteiger charge is -2.03. The summed E-state index contributed by atoms with van der Waals surface area (Å²) >= 11 is 0. The maximum absolute atomic E-state index is 11.4. The SMILES string of the molecule is C=CCn1nnnc1CC(=O)NCCC(=O)O. The van der Waals surface area contributed by atoms with Gasteiger partial charge in [0.05, 0.1) is 19.4 Å². The fourth-order valence-corrected chi connectivity index (χ4v) is 1.13. The Labute approximate surface area is 97.3 Å². The second-order valence-electron chi connectivity index (χ2n) is 3.24. The molecule has 8 heteroatoms. The van der Waals surface area contributed by atoms with Crippen LogP contribution in [0.15, 0.2) is 12.7 Å². The Hall–Kier alpha value is -2.25. The summed E-state index contributed by atoms with van der Waals surface area (Å²) in [5, 5.41) is 21.7. The Kier molecular flexibility index (Phi) is 4.79. The zero-order valence-corrected chi connectivity index (χ0v) is 9.17. The van der Waals surface area contributed by atoms with Crippen molar-refractivity contribution in [2.24, 2.45) is 0 Å². The van der Waals surface area contributed by atoms with E-state index in [9.17, 15) is 9.59 Å². The summed E-state index contributed by atoms with van der Waals surface area (Å²) in [6.07, 6.45) is 1.52. The van der Waals surface area contributed by atoms with E-state index >= 15 is 0 Å². The van der Waals surface area contributed by atoms with Crippen molar-refractivity contribution < 1.29 is 14.7 Å². The minimum atomic E-state index is -0.957. The second-order valence-corrected chi connectivity index (χ2v) is 3.24. The highest BCUT2D eigenvalue weighted by Gasteiger charge is 2.10. The van der Waals surface area contributed by atoms with Crippen molar-refractivity contribution in [2.75, 3.05) is 6.54 Å². The van der Waals surface area contributed by atoms with E-state index in [1.54, 1.807) is 6.08 Å². The smallest absolute Gasteiger partial charge is 0.305 e. The number of rotatable bonds is 7. The molecule has 1 amide bonds. The zero-order valence-electron chi connectivity index (χ0n) is 9.17. The third kappa shape index (κ3) is 4.41. The minimum Gasteiger partial charge on any atom is -0.481 e. The van der Waals surface area contributed by atoms with Gasteiger partial charge in [0, 0.05) is 6.54 Å². The third-order valence-electron chi connectivity index (χ3n) is 1.89. The molecule has 0 bridgehead atoms. The van der Waals surface area contributed by atoms with Gasteiger partial charge >= 0.3 is 5.97 Å². The van der Waals surface area contributed by atoms with Gasteiger partial charge in [0.1, 0.15) is 0 Å². The first-order valence-electron chi connectivity index (χ1n) is 4.98. The van der Waals surface area contributed by atoms with E-state index < -0.39 is 5.97 Å². The van der Waals surface area contributed by atoms with Gasteiger partial charge in [0.25, 0.3) is 0 Å². The molecular formula is C9H13N5O3. The monoisotopic (exact) mass is 239 g/mol. The zero-order chi connectivity index (χ0) is 12.7. The quantitative estimate of drug-likeness (QED) is 0.590. The van der Waals surface area contributed by atoms with Crippen molar-refractivity contribution >= 4 is 11.9 Å². The predicted molar refractivity (Wildman–Crippen MR) is 57.0 cm³/mol. The molecule has 17 heavy (non-hydrogen) atoms. The highest BCUT2D eigenvalue weighted by Crippen LogP contribution is 1.94. The van der Waals surface area contributed by atoms with Crippen LogP contribution in [0.4, 0.5) is 0 Å². The molecule has 1 aromatic rings. The van der Waals surface area contributed by atoms with Crippen LogP contribution in [-0.4, -0.2) is 43.7 Å². The topological polar surface area (TPSA) is 110 Å². The molecule has 92 valence electrons. The molecule has 0 fully saturated rings. The maximum Gasteiger partial charge on any atom is 0.305 e. The van der Waals surface area contributed by atoms with Crippen molar-refractivity contribution in [3.8, 4) is 0 Å². The summed E-state index contributed by atoms with van der Waals surface area (Å²) in [7, 11) is 0. The number of carboxylic acids is 1. The third-order valence-corrected chi connectivity index (χ3v) is 1.89. The highest BCUT2D eigenvalue weighted by molar-refractivity contribution is 5.78. The second kappa shape index (κ2) is 6.36. The van der Waals surface area contributed by atoms with Crippen LogP contribution >= 0.6 is 0 Å². The van der Waals surface area contributed by atoms with Crippen molar-refractivity contribution in [1.82, 2.24) is 25.5 Å². The van der Waals surface area contributed by atoms with Crippen LogP contribution < -0.4 is 5.32 Å². The summed E-state index contributed by atoms with van der Waals surface area (Å²) < 4.78 is 1.45. The van der Waals surface area contributed by atoms with Gasteiger partial charge in [-0.15, -0.1) is 11.7 Å². The van der Waals surface area contributed by atoms with E-state index in [0.717, 1.165) is 0 Å². The fourth-order valence-electron chi connectivity index (χ4n) is 1.13. The lowest BCUT2D eigenvalue weighted by molar-refractivity contribution is -0.136. The molecule has 1 aromatic heterocycles. The molecule has 0 aromatic carbocycles. The highest BCUT2D eigenvalue weighted by atomic mass is 16.4. The number of allylic oxidation sites excluding steroid dienone is 1. The van der Waals surface area contributed by atoms with Gasteiger partial charge in [-0.1, -0.05) is 6.08 Å². The van der Waals surface area contributed by atoms with Gasteiger partial charge < -0.3 is 10.4 Å². The van der Waals surface area contributed by atoms with Crippen LogP contribution in [0.1, 0.15) is 12.2 Å². The first-order valence-corrected chi connectivity index (χ1v) is 4.98. The molecular weight excluding hydrogens is 226 g/mol. The lowest BCUT2D eigenvalue weighted by Crippen LogP contribution is -2.28. The normalized spacial score (nSPS) is 9.88. The number of carbonyl (C=O) groups excluding carboxylic acids is 1. The van der Waals surface area contributed by atoms with Crippen LogP contribution in [0.5, 0.6) is 0 Å². The van der Waals surface area contributed by atoms with Crippen LogP contribution in [0, 0.1) is 0 Å². The number of nitrogens with zero attached hydrogens (tertiary/aromatic N) is 4. The average molecular weight is 239 g/mol. The van der Waals surface area contributed by atoms with Crippen molar-refractivity contribution in [1.29, 1.82) is 0 Å². The summed E-state index contributed by atoms with van der Waals surface area (Å²) in [5.74, 6) is -0.856. The van der Waals surface area contributed by atoms with Crippen molar-refractivity contribution in [2.45, 2.75) is 19.4 Å². The van der Waals surface area contributed by atoms with Gasteiger partial charge in [-0.25, -0.2) is 4.68 Å². The van der Waals surface area contributed by atoms with E-state index in [1.807, 2.05) is 0 Å². The fraction of sp³-hybridized carbons (Fsp3) is 0.444. The molecule has 0 atom stereocenters. The summed E-state index contributed by atoms with van der Waals surface area (Å²) in [4.78, 5) is 21.6. The molecule has 0 spiro atoms. The van der Waals surface area contributed by atoms with Crippen LogP contribution in [0.2, 0.25) is 0 Å². The number of hydrogen-bond donors (Lipinski definition) is 2. The van der Waals surface area contributed by atoms with Crippen LogP contribution in [-0.2, 0) is 22.6 Å². The van der Waals surface area contributed by atoms with Crippen LogP contribution in [0.25, 0.3) is 0 Å². The molecule has 0 radical (unpaired) electrons. The average Bonchev–Trinajstić information content (AvgIpc) is 2.66. The van der Waals surface area contributed by atoms with Crippen molar-refractivity contribution in [3.05, 3.63) is 18.5 Å². The number of hydrogen-bond acceptors (Lipinski definition) is 5. The minimum absolute atomic E-state index is 0.0143. The van der Waals surface area contributed by atoms with E-state index in [1.165, 1.54) is 4.68 Å². The van der Waals surface area contributed by atoms with E-state index in [0.29, 0.717) is 12.4 Å². The Morgan fingerprint density at radius 2 is 2.29 bits per heavy atom. The number of tetrazole rings is 1. The Bertz CT molecular complexity index is 415. The van der Waals surface area contributed by atoms with Gasteiger partial charge in [-0.2, -0.15) is 0 Å².